The zero-order valence-electron chi connectivity index (χ0n) is 23.0. The molecule has 0 fully saturated rings. The average Bonchev–Trinajstić information content (AvgIpc) is 3.32. The Hall–Kier alpha value is -3.05. The molecule has 3 nitrogen and oxygen atoms in total. The summed E-state index contributed by atoms with van der Waals surface area (Å²) in [4.78, 5) is 9.05. The quantitative estimate of drug-likeness (QED) is 0.134. The van der Waals surface area contributed by atoms with Crippen molar-refractivity contribution in [2.45, 2.75) is 37.0 Å². The summed E-state index contributed by atoms with van der Waals surface area (Å²) in [5.41, 5.74) is 7.13. The molecule has 6 rings (SSSR count). The number of para-hydroxylation sites is 1. The van der Waals surface area contributed by atoms with Crippen LogP contribution < -0.4 is 4.40 Å². The first-order valence-corrected chi connectivity index (χ1v) is 20.4. The van der Waals surface area contributed by atoms with Crippen LogP contribution in [0, 0.1) is 12.1 Å². The molecule has 0 atom stereocenters. The Balaban J connectivity index is 0.000000176. The Kier molecular flexibility index (Phi) is 9.22. The Morgan fingerprint density at radius 1 is 0.769 bits per heavy atom. The number of furan rings is 1. The van der Waals surface area contributed by atoms with Crippen LogP contribution in [0.3, 0.4) is 0 Å². The third-order valence-corrected chi connectivity index (χ3v) is 10.9. The van der Waals surface area contributed by atoms with Crippen LogP contribution in [-0.4, -0.2) is 23.2 Å². The van der Waals surface area contributed by atoms with Gasteiger partial charge in [-0.3, -0.25) is 0 Å². The third kappa shape index (κ3) is 6.41. The molecule has 0 unspecified atom stereocenters. The molecule has 0 saturated carbocycles. The number of fused-ring (bicyclic) bond motifs is 3. The fourth-order valence-corrected chi connectivity index (χ4v) is 8.19. The molecular weight excluding hydrogens is 717 g/mol. The van der Waals surface area contributed by atoms with Crippen LogP contribution >= 0.6 is 0 Å². The topological polar surface area (TPSA) is 38.9 Å². The molecule has 0 amide bonds. The molecule has 0 bridgehead atoms. The van der Waals surface area contributed by atoms with E-state index in [-0.39, 0.29) is 20.1 Å². The standard InChI is InChI=1S/C17H22GeN.C17H10NO.Ir/c1-13(2)15-11-17(14-9-7-6-8-10-14)19-12-16(15)18(3,4)5;1-2-10-16-12(6-1)13-7-5-8-14(17(13)19-16)15-9-3-4-11-18-15;/h6-9,11-13H,1-5H3;1-7,9-11H;/q2*-1;. The molecule has 0 aliphatic heterocycles. The molecule has 0 spiro atoms. The van der Waals surface area contributed by atoms with Gasteiger partial charge in [0.25, 0.3) is 0 Å². The van der Waals surface area contributed by atoms with E-state index < -0.39 is 13.3 Å². The van der Waals surface area contributed by atoms with Crippen LogP contribution in [0.25, 0.3) is 44.5 Å². The van der Waals surface area contributed by atoms with Crippen molar-refractivity contribution >= 4 is 39.6 Å². The summed E-state index contributed by atoms with van der Waals surface area (Å²) < 4.78 is 7.49. The maximum atomic E-state index is 5.97. The van der Waals surface area contributed by atoms with Gasteiger partial charge in [0, 0.05) is 31.7 Å². The Morgan fingerprint density at radius 3 is 2.23 bits per heavy atom. The molecule has 1 radical (unpaired) electrons. The number of aromatic nitrogens is 2. The molecule has 39 heavy (non-hydrogen) atoms. The maximum Gasteiger partial charge on any atom is 0.120 e. The summed E-state index contributed by atoms with van der Waals surface area (Å²) in [6.45, 7) is 4.54. The first-order chi connectivity index (χ1) is 18.3. The van der Waals surface area contributed by atoms with Crippen molar-refractivity contribution in [3.63, 3.8) is 0 Å². The summed E-state index contributed by atoms with van der Waals surface area (Å²) in [7, 11) is 0. The zero-order valence-corrected chi connectivity index (χ0v) is 27.4. The van der Waals surface area contributed by atoms with Crippen molar-refractivity contribution in [2.75, 3.05) is 0 Å². The molecule has 3 aromatic carbocycles. The second-order valence-electron chi connectivity index (χ2n) is 10.7. The molecule has 199 valence electrons. The largest absolute Gasteiger partial charge is 0.501 e. The summed E-state index contributed by atoms with van der Waals surface area (Å²) >= 11 is -1.85. The minimum absolute atomic E-state index is 0. The maximum absolute atomic E-state index is 5.97. The van der Waals surface area contributed by atoms with Crippen molar-refractivity contribution in [1.29, 1.82) is 0 Å². The van der Waals surface area contributed by atoms with Crippen molar-refractivity contribution in [2.24, 2.45) is 0 Å². The number of hydrogen-bond donors (Lipinski definition) is 0. The first-order valence-electron chi connectivity index (χ1n) is 13.0. The monoisotopic (exact) mass is 751 g/mol. The molecule has 3 aromatic heterocycles. The van der Waals surface area contributed by atoms with E-state index in [9.17, 15) is 0 Å². The Morgan fingerprint density at radius 2 is 1.54 bits per heavy atom. The minimum Gasteiger partial charge on any atom is -0.501 e. The summed E-state index contributed by atoms with van der Waals surface area (Å²) in [6, 6.07) is 34.7. The van der Waals surface area contributed by atoms with E-state index in [2.05, 4.69) is 77.6 Å². The molecule has 3 heterocycles. The molecule has 0 aliphatic rings. The molecular formula is C34H32GeIrN2O-2. The van der Waals surface area contributed by atoms with Crippen molar-refractivity contribution < 1.29 is 24.5 Å². The minimum atomic E-state index is -1.85. The number of rotatable bonds is 4. The number of nitrogens with zero attached hydrogens (tertiary/aromatic N) is 2. The van der Waals surface area contributed by atoms with Gasteiger partial charge in [0.2, 0.25) is 0 Å². The fourth-order valence-electron chi connectivity index (χ4n) is 4.67. The summed E-state index contributed by atoms with van der Waals surface area (Å²) in [6.07, 6.45) is 3.90. The van der Waals surface area contributed by atoms with Gasteiger partial charge in [-0.25, -0.2) is 0 Å². The van der Waals surface area contributed by atoms with E-state index in [1.165, 1.54) is 9.96 Å². The molecule has 0 saturated heterocycles. The second-order valence-corrected chi connectivity index (χ2v) is 21.3. The smallest absolute Gasteiger partial charge is 0.120 e. The van der Waals surface area contributed by atoms with E-state index in [1.807, 2.05) is 66.7 Å². The van der Waals surface area contributed by atoms with Gasteiger partial charge in [0.1, 0.15) is 5.58 Å². The predicted octanol–water partition coefficient (Wildman–Crippen LogP) is 8.66. The third-order valence-electron chi connectivity index (χ3n) is 6.61. The summed E-state index contributed by atoms with van der Waals surface area (Å²) in [5.74, 6) is 7.83. The number of benzene rings is 3. The predicted molar refractivity (Wildman–Crippen MR) is 161 cm³/mol. The van der Waals surface area contributed by atoms with Gasteiger partial charge in [-0.15, -0.1) is 18.2 Å². The van der Waals surface area contributed by atoms with E-state index in [0.717, 1.165) is 44.5 Å². The second kappa shape index (κ2) is 12.4. The van der Waals surface area contributed by atoms with E-state index in [1.54, 1.807) is 6.20 Å². The van der Waals surface area contributed by atoms with E-state index >= 15 is 0 Å². The van der Waals surface area contributed by atoms with Gasteiger partial charge >= 0.3 is 119 Å². The van der Waals surface area contributed by atoms with Crippen molar-refractivity contribution in [3.05, 3.63) is 115 Å². The number of hydrogen-bond acceptors (Lipinski definition) is 3. The van der Waals surface area contributed by atoms with Gasteiger partial charge in [-0.05, 0) is 17.8 Å². The fraction of sp³-hybridized carbons (Fsp3) is 0.176. The van der Waals surface area contributed by atoms with E-state index in [4.69, 9.17) is 4.42 Å². The van der Waals surface area contributed by atoms with Crippen LogP contribution in [0.5, 0.6) is 0 Å². The SMILES string of the molecule is CC(C)c1cc(-c2[c-]cccc2)nc[c]1[Ge]([CH3])([CH3])[CH3].[Ir].[c-]1ccc2c(oc3ccccc32)c1-c1ccccn1. The van der Waals surface area contributed by atoms with Crippen LogP contribution in [0.2, 0.25) is 17.3 Å². The molecule has 5 heteroatoms. The van der Waals surface area contributed by atoms with Crippen molar-refractivity contribution in [1.82, 2.24) is 9.97 Å². The number of pyridine rings is 2. The Labute approximate surface area is 247 Å². The molecule has 0 aliphatic carbocycles. The van der Waals surface area contributed by atoms with Gasteiger partial charge in [0.15, 0.2) is 0 Å². The van der Waals surface area contributed by atoms with Crippen LogP contribution in [0.1, 0.15) is 25.3 Å². The van der Waals surface area contributed by atoms with E-state index in [0.29, 0.717) is 5.92 Å². The van der Waals surface area contributed by atoms with Crippen LogP contribution in [-0.2, 0) is 20.1 Å². The van der Waals surface area contributed by atoms with Crippen LogP contribution in [0.15, 0.2) is 102 Å². The molecule has 0 N–H and O–H groups in total. The van der Waals surface area contributed by atoms with Gasteiger partial charge in [-0.1, -0.05) is 41.3 Å². The first kappa shape index (κ1) is 28.9. The average molecular weight is 749 g/mol. The van der Waals surface area contributed by atoms with Crippen molar-refractivity contribution in [3.8, 4) is 22.5 Å². The molecule has 6 aromatic rings. The van der Waals surface area contributed by atoms with Crippen LogP contribution in [0.4, 0.5) is 0 Å². The Bertz CT molecular complexity index is 1670. The van der Waals surface area contributed by atoms with Gasteiger partial charge in [-0.2, -0.15) is 0 Å². The summed E-state index contributed by atoms with van der Waals surface area (Å²) in [5, 5.41) is 2.23. The van der Waals surface area contributed by atoms with Gasteiger partial charge < -0.3 is 9.40 Å². The van der Waals surface area contributed by atoms with Gasteiger partial charge in [0.05, 0.1) is 5.58 Å². The zero-order chi connectivity index (χ0) is 26.7. The normalized spacial score (nSPS) is 11.2.